The molecule has 0 fully saturated rings. The Morgan fingerprint density at radius 1 is 1.37 bits per heavy atom. The normalized spacial score (nSPS) is 14.1. The standard InChI is InChI=1S/C15H20N2O2/c1-4-15(2,18)10-17-14-13-9-12(19-3)6-5-11(13)7-8-16-14/h5-9,18H,4,10H2,1-3H3,(H,16,17). The van der Waals surface area contributed by atoms with E-state index in [1.165, 1.54) is 0 Å². The smallest absolute Gasteiger partial charge is 0.134 e. The summed E-state index contributed by atoms with van der Waals surface area (Å²) in [6.45, 7) is 4.24. The van der Waals surface area contributed by atoms with Crippen LogP contribution in [0.3, 0.4) is 0 Å². The summed E-state index contributed by atoms with van der Waals surface area (Å²) in [6, 6.07) is 7.83. The number of ether oxygens (including phenoxy) is 1. The first-order valence-corrected chi connectivity index (χ1v) is 6.45. The molecule has 0 bridgehead atoms. The zero-order valence-corrected chi connectivity index (χ0v) is 11.6. The SMILES string of the molecule is CCC(C)(O)CNc1nccc2ccc(OC)cc12. The molecule has 102 valence electrons. The number of rotatable bonds is 5. The highest BCUT2D eigenvalue weighted by atomic mass is 16.5. The molecule has 1 aromatic heterocycles. The number of nitrogens with zero attached hydrogens (tertiary/aromatic N) is 1. The van der Waals surface area contributed by atoms with Gasteiger partial charge in [0, 0.05) is 18.1 Å². The second kappa shape index (κ2) is 5.45. The fraction of sp³-hybridized carbons (Fsp3) is 0.400. The van der Waals surface area contributed by atoms with E-state index in [1.54, 1.807) is 13.3 Å². The lowest BCUT2D eigenvalue weighted by Crippen LogP contribution is -2.32. The molecule has 1 unspecified atom stereocenters. The molecule has 0 aliphatic carbocycles. The van der Waals surface area contributed by atoms with Gasteiger partial charge in [0.15, 0.2) is 0 Å². The Labute approximate surface area is 113 Å². The molecule has 0 amide bonds. The largest absolute Gasteiger partial charge is 0.497 e. The average molecular weight is 260 g/mol. The van der Waals surface area contributed by atoms with E-state index in [9.17, 15) is 5.11 Å². The summed E-state index contributed by atoms with van der Waals surface area (Å²) < 4.78 is 5.24. The van der Waals surface area contributed by atoms with E-state index in [2.05, 4.69) is 10.3 Å². The van der Waals surface area contributed by atoms with Crippen LogP contribution in [0.4, 0.5) is 5.82 Å². The molecule has 0 saturated carbocycles. The van der Waals surface area contributed by atoms with Gasteiger partial charge < -0.3 is 15.2 Å². The van der Waals surface area contributed by atoms with E-state index in [0.29, 0.717) is 13.0 Å². The maximum absolute atomic E-state index is 10.0. The van der Waals surface area contributed by atoms with Gasteiger partial charge in [-0.15, -0.1) is 0 Å². The Hall–Kier alpha value is -1.81. The molecule has 2 aromatic rings. The van der Waals surface area contributed by atoms with Gasteiger partial charge in [-0.05, 0) is 36.9 Å². The minimum absolute atomic E-state index is 0.465. The molecule has 4 nitrogen and oxygen atoms in total. The number of pyridine rings is 1. The Kier molecular flexibility index (Phi) is 3.90. The summed E-state index contributed by atoms with van der Waals surface area (Å²) in [5.41, 5.74) is -0.733. The molecule has 0 saturated heterocycles. The van der Waals surface area contributed by atoms with Crippen LogP contribution in [0.1, 0.15) is 20.3 Å². The zero-order chi connectivity index (χ0) is 13.9. The fourth-order valence-electron chi connectivity index (χ4n) is 1.81. The first kappa shape index (κ1) is 13.6. The van der Waals surface area contributed by atoms with Crippen molar-refractivity contribution in [3.05, 3.63) is 30.5 Å². The quantitative estimate of drug-likeness (QED) is 0.868. The summed E-state index contributed by atoms with van der Waals surface area (Å²) in [6.07, 6.45) is 2.45. The van der Waals surface area contributed by atoms with Crippen LogP contribution in [-0.4, -0.2) is 29.3 Å². The first-order valence-electron chi connectivity index (χ1n) is 6.45. The van der Waals surface area contributed by atoms with Crippen LogP contribution in [0.2, 0.25) is 0 Å². The second-order valence-electron chi connectivity index (χ2n) is 4.95. The van der Waals surface area contributed by atoms with Crippen LogP contribution in [0.25, 0.3) is 10.8 Å². The van der Waals surface area contributed by atoms with Crippen molar-refractivity contribution in [2.24, 2.45) is 0 Å². The summed E-state index contributed by atoms with van der Waals surface area (Å²) in [7, 11) is 1.65. The van der Waals surface area contributed by atoms with E-state index >= 15 is 0 Å². The Balaban J connectivity index is 2.32. The van der Waals surface area contributed by atoms with Crippen molar-refractivity contribution in [1.82, 2.24) is 4.98 Å². The van der Waals surface area contributed by atoms with Gasteiger partial charge in [0.25, 0.3) is 0 Å². The Bertz CT molecular complexity index is 567. The maximum Gasteiger partial charge on any atom is 0.134 e. The predicted molar refractivity (Wildman–Crippen MR) is 77.7 cm³/mol. The van der Waals surface area contributed by atoms with E-state index in [1.807, 2.05) is 38.1 Å². The van der Waals surface area contributed by atoms with Gasteiger partial charge in [-0.25, -0.2) is 4.98 Å². The third-order valence-corrected chi connectivity index (χ3v) is 3.37. The number of nitrogens with one attached hydrogen (secondary N) is 1. The van der Waals surface area contributed by atoms with Gasteiger partial charge in [0.2, 0.25) is 0 Å². The number of anilines is 1. The Morgan fingerprint density at radius 3 is 2.84 bits per heavy atom. The molecule has 19 heavy (non-hydrogen) atoms. The van der Waals surface area contributed by atoms with Crippen molar-refractivity contribution in [1.29, 1.82) is 0 Å². The number of fused-ring (bicyclic) bond motifs is 1. The third-order valence-electron chi connectivity index (χ3n) is 3.37. The van der Waals surface area contributed by atoms with Gasteiger partial charge in [-0.1, -0.05) is 13.0 Å². The molecule has 1 atom stereocenters. The summed E-state index contributed by atoms with van der Waals surface area (Å²) in [5, 5.41) is 15.3. The third kappa shape index (κ3) is 3.15. The van der Waals surface area contributed by atoms with E-state index in [0.717, 1.165) is 22.3 Å². The average Bonchev–Trinajstić information content (AvgIpc) is 2.44. The first-order chi connectivity index (χ1) is 9.05. The van der Waals surface area contributed by atoms with Gasteiger partial charge in [0.05, 0.1) is 12.7 Å². The van der Waals surface area contributed by atoms with Crippen LogP contribution < -0.4 is 10.1 Å². The highest BCUT2D eigenvalue weighted by Crippen LogP contribution is 2.26. The van der Waals surface area contributed by atoms with E-state index < -0.39 is 5.60 Å². The predicted octanol–water partition coefficient (Wildman–Crippen LogP) is 2.82. The molecule has 2 N–H and O–H groups in total. The van der Waals surface area contributed by atoms with Crippen LogP contribution >= 0.6 is 0 Å². The number of hydrogen-bond donors (Lipinski definition) is 2. The van der Waals surface area contributed by atoms with Gasteiger partial charge in [0.1, 0.15) is 11.6 Å². The molecule has 0 aliphatic heterocycles. The second-order valence-corrected chi connectivity index (χ2v) is 4.95. The molecule has 2 rings (SSSR count). The van der Waals surface area contributed by atoms with Gasteiger partial charge in [-0.3, -0.25) is 0 Å². The van der Waals surface area contributed by atoms with Crippen LogP contribution in [0.5, 0.6) is 5.75 Å². The summed E-state index contributed by atoms with van der Waals surface area (Å²) in [5.74, 6) is 1.57. The molecule has 4 heteroatoms. The number of benzene rings is 1. The molecule has 1 aromatic carbocycles. The van der Waals surface area contributed by atoms with Crippen molar-refractivity contribution in [3.8, 4) is 5.75 Å². The van der Waals surface area contributed by atoms with Crippen molar-refractivity contribution in [2.75, 3.05) is 19.0 Å². The minimum Gasteiger partial charge on any atom is -0.497 e. The molecule has 1 heterocycles. The number of aromatic nitrogens is 1. The molecule has 0 spiro atoms. The lowest BCUT2D eigenvalue weighted by molar-refractivity contribution is 0.0697. The van der Waals surface area contributed by atoms with Gasteiger partial charge in [-0.2, -0.15) is 0 Å². The minimum atomic E-state index is -0.733. The van der Waals surface area contributed by atoms with Crippen LogP contribution in [0.15, 0.2) is 30.5 Å². The van der Waals surface area contributed by atoms with Gasteiger partial charge >= 0.3 is 0 Å². The van der Waals surface area contributed by atoms with Crippen molar-refractivity contribution in [3.63, 3.8) is 0 Å². The lowest BCUT2D eigenvalue weighted by atomic mass is 10.0. The molecular formula is C15H20N2O2. The van der Waals surface area contributed by atoms with E-state index in [4.69, 9.17) is 4.74 Å². The topological polar surface area (TPSA) is 54.4 Å². The zero-order valence-electron chi connectivity index (χ0n) is 11.6. The van der Waals surface area contributed by atoms with Crippen molar-refractivity contribution < 1.29 is 9.84 Å². The molecule has 0 radical (unpaired) electrons. The lowest BCUT2D eigenvalue weighted by Gasteiger charge is -2.22. The molecular weight excluding hydrogens is 240 g/mol. The number of hydrogen-bond acceptors (Lipinski definition) is 4. The number of methoxy groups -OCH3 is 1. The number of aliphatic hydroxyl groups is 1. The fourth-order valence-corrected chi connectivity index (χ4v) is 1.81. The van der Waals surface area contributed by atoms with Crippen LogP contribution in [0, 0.1) is 0 Å². The summed E-state index contributed by atoms with van der Waals surface area (Å²) in [4.78, 5) is 4.34. The highest BCUT2D eigenvalue weighted by molar-refractivity contribution is 5.92. The maximum atomic E-state index is 10.0. The highest BCUT2D eigenvalue weighted by Gasteiger charge is 2.17. The van der Waals surface area contributed by atoms with Crippen LogP contribution in [-0.2, 0) is 0 Å². The van der Waals surface area contributed by atoms with Crippen molar-refractivity contribution in [2.45, 2.75) is 25.9 Å². The Morgan fingerprint density at radius 2 is 2.16 bits per heavy atom. The molecule has 0 aliphatic rings. The van der Waals surface area contributed by atoms with E-state index in [-0.39, 0.29) is 0 Å². The summed E-state index contributed by atoms with van der Waals surface area (Å²) >= 11 is 0. The van der Waals surface area contributed by atoms with Crippen molar-refractivity contribution >= 4 is 16.6 Å². The monoisotopic (exact) mass is 260 g/mol.